The monoisotopic (exact) mass is 250 g/mol. The Hall–Kier alpha value is -1.48. The van der Waals surface area contributed by atoms with E-state index in [4.69, 9.17) is 14.2 Å². The van der Waals surface area contributed by atoms with Crippen LogP contribution in [0.25, 0.3) is 0 Å². The van der Waals surface area contributed by atoms with Gasteiger partial charge in [-0.3, -0.25) is 0 Å². The minimum atomic E-state index is 0.733. The fraction of sp³-hybridized carbons (Fsp3) is 0.467. The molecule has 0 fully saturated rings. The molecule has 18 heavy (non-hydrogen) atoms. The Morgan fingerprint density at radius 1 is 0.667 bits per heavy atom. The zero-order chi connectivity index (χ0) is 12.7. The summed E-state index contributed by atoms with van der Waals surface area (Å²) >= 11 is 0. The molecule has 3 nitrogen and oxygen atoms in total. The number of ether oxygens (including phenoxy) is 3. The Bertz CT molecular complexity index is 244. The molecule has 0 unspecified atom stereocenters. The van der Waals surface area contributed by atoms with Crippen LogP contribution in [0.3, 0.4) is 0 Å². The largest absolute Gasteiger partial charge is 0.502 e. The Morgan fingerprint density at radius 2 is 1.67 bits per heavy atom. The van der Waals surface area contributed by atoms with Gasteiger partial charge in [-0.25, -0.2) is 0 Å². The first-order valence-corrected chi connectivity index (χ1v) is 6.43. The SMILES string of the molecule is C1=CCOC=C1.C1=CCOCC1.C1=COCCC1. The van der Waals surface area contributed by atoms with Crippen molar-refractivity contribution in [2.75, 3.05) is 26.4 Å². The van der Waals surface area contributed by atoms with Gasteiger partial charge in [0.1, 0.15) is 6.61 Å². The van der Waals surface area contributed by atoms with Crippen LogP contribution >= 0.6 is 0 Å². The molecule has 0 aromatic rings. The Morgan fingerprint density at radius 3 is 1.83 bits per heavy atom. The molecule has 3 rings (SSSR count). The second-order valence-electron chi connectivity index (χ2n) is 3.81. The van der Waals surface area contributed by atoms with E-state index in [1.807, 2.05) is 30.4 Å². The Labute approximate surface area is 109 Å². The van der Waals surface area contributed by atoms with Crippen LogP contribution in [0.1, 0.15) is 19.3 Å². The molecule has 0 radical (unpaired) electrons. The van der Waals surface area contributed by atoms with Gasteiger partial charge in [0.25, 0.3) is 0 Å². The summed E-state index contributed by atoms with van der Waals surface area (Å²) in [6, 6.07) is 0. The molecule has 0 bridgehead atoms. The number of hydrogen-bond acceptors (Lipinski definition) is 3. The molecule has 0 spiro atoms. The van der Waals surface area contributed by atoms with Gasteiger partial charge in [-0.15, -0.1) is 0 Å². The van der Waals surface area contributed by atoms with E-state index in [0.29, 0.717) is 0 Å². The molecule has 3 heterocycles. The summed E-state index contributed by atoms with van der Waals surface area (Å²) in [6.07, 6.45) is 18.9. The fourth-order valence-corrected chi connectivity index (χ4v) is 1.32. The molecule has 0 saturated heterocycles. The normalized spacial score (nSPS) is 19.6. The molecule has 0 aromatic carbocycles. The van der Waals surface area contributed by atoms with Crippen molar-refractivity contribution in [1.29, 1.82) is 0 Å². The van der Waals surface area contributed by atoms with Crippen molar-refractivity contribution in [2.45, 2.75) is 19.3 Å². The third kappa shape index (κ3) is 9.73. The maximum Gasteiger partial charge on any atom is 0.106 e. The Kier molecular flexibility index (Phi) is 9.71. The van der Waals surface area contributed by atoms with Crippen LogP contribution in [0.15, 0.2) is 49.0 Å². The molecule has 0 aliphatic carbocycles. The quantitative estimate of drug-likeness (QED) is 0.617. The van der Waals surface area contributed by atoms with E-state index in [0.717, 1.165) is 32.8 Å². The van der Waals surface area contributed by atoms with Gasteiger partial charge in [0.15, 0.2) is 0 Å². The van der Waals surface area contributed by atoms with Crippen LogP contribution in [-0.4, -0.2) is 26.4 Å². The third-order valence-electron chi connectivity index (χ3n) is 2.25. The van der Waals surface area contributed by atoms with Crippen molar-refractivity contribution in [3.8, 4) is 0 Å². The molecule has 0 atom stereocenters. The molecule has 100 valence electrons. The summed E-state index contributed by atoms with van der Waals surface area (Å²) in [4.78, 5) is 0. The maximum atomic E-state index is 4.98. The minimum Gasteiger partial charge on any atom is -0.502 e. The lowest BCUT2D eigenvalue weighted by molar-refractivity contribution is 0.158. The molecule has 3 heteroatoms. The van der Waals surface area contributed by atoms with E-state index >= 15 is 0 Å². The van der Waals surface area contributed by atoms with Gasteiger partial charge in [0, 0.05) is 0 Å². The summed E-state index contributed by atoms with van der Waals surface area (Å²) in [5.41, 5.74) is 0. The zero-order valence-electron chi connectivity index (χ0n) is 10.8. The minimum absolute atomic E-state index is 0.733. The average molecular weight is 250 g/mol. The first-order valence-electron chi connectivity index (χ1n) is 6.43. The highest BCUT2D eigenvalue weighted by Gasteiger charge is 1.87. The van der Waals surface area contributed by atoms with E-state index in [1.165, 1.54) is 12.8 Å². The lowest BCUT2D eigenvalue weighted by Crippen LogP contribution is -1.96. The first-order chi connectivity index (χ1) is 9.00. The lowest BCUT2D eigenvalue weighted by Gasteiger charge is -2.01. The van der Waals surface area contributed by atoms with Crippen molar-refractivity contribution < 1.29 is 14.2 Å². The van der Waals surface area contributed by atoms with Crippen LogP contribution in [-0.2, 0) is 14.2 Å². The fourth-order valence-electron chi connectivity index (χ4n) is 1.32. The van der Waals surface area contributed by atoms with Crippen molar-refractivity contribution in [1.82, 2.24) is 0 Å². The number of hydrogen-bond donors (Lipinski definition) is 0. The maximum absolute atomic E-state index is 4.98. The highest BCUT2D eigenvalue weighted by molar-refractivity contribution is 5.02. The average Bonchev–Trinajstić information content (AvgIpc) is 2.54. The van der Waals surface area contributed by atoms with Crippen LogP contribution in [0, 0.1) is 0 Å². The van der Waals surface area contributed by atoms with Gasteiger partial charge in [-0.1, -0.05) is 18.2 Å². The lowest BCUT2D eigenvalue weighted by atomic mass is 10.3. The van der Waals surface area contributed by atoms with Gasteiger partial charge in [-0.2, -0.15) is 0 Å². The molecule has 0 aromatic heterocycles. The second kappa shape index (κ2) is 12.0. The van der Waals surface area contributed by atoms with E-state index in [1.54, 1.807) is 12.5 Å². The van der Waals surface area contributed by atoms with Gasteiger partial charge in [0.05, 0.1) is 32.3 Å². The van der Waals surface area contributed by atoms with E-state index in [-0.39, 0.29) is 0 Å². The topological polar surface area (TPSA) is 27.7 Å². The molecule has 3 aliphatic rings. The van der Waals surface area contributed by atoms with Gasteiger partial charge < -0.3 is 14.2 Å². The summed E-state index contributed by atoms with van der Waals surface area (Å²) in [5.74, 6) is 0. The first kappa shape index (κ1) is 14.6. The summed E-state index contributed by atoms with van der Waals surface area (Å²) in [7, 11) is 0. The van der Waals surface area contributed by atoms with Crippen LogP contribution in [0.4, 0.5) is 0 Å². The number of rotatable bonds is 0. The molecule has 0 amide bonds. The van der Waals surface area contributed by atoms with Crippen molar-refractivity contribution in [2.24, 2.45) is 0 Å². The van der Waals surface area contributed by atoms with Gasteiger partial charge >= 0.3 is 0 Å². The molecule has 0 N–H and O–H groups in total. The summed E-state index contributed by atoms with van der Waals surface area (Å²) < 4.78 is 14.7. The zero-order valence-corrected chi connectivity index (χ0v) is 10.8. The van der Waals surface area contributed by atoms with Gasteiger partial charge in [-0.05, 0) is 37.5 Å². The number of allylic oxidation sites excluding steroid dienone is 3. The second-order valence-corrected chi connectivity index (χ2v) is 3.81. The summed E-state index contributed by atoms with van der Waals surface area (Å²) in [5, 5.41) is 0. The standard InChI is InChI=1S/2C5H8O.C5H6O/c3*1-2-4-6-5-3-1/h2,4H,1,3,5H2;1-2H,3-5H2;1-4H,5H2. The van der Waals surface area contributed by atoms with Crippen molar-refractivity contribution >= 4 is 0 Å². The molecular weight excluding hydrogens is 228 g/mol. The van der Waals surface area contributed by atoms with Crippen LogP contribution in [0.2, 0.25) is 0 Å². The predicted molar refractivity (Wildman–Crippen MR) is 73.1 cm³/mol. The smallest absolute Gasteiger partial charge is 0.106 e. The third-order valence-corrected chi connectivity index (χ3v) is 2.25. The highest BCUT2D eigenvalue weighted by atomic mass is 16.5. The highest BCUT2D eigenvalue weighted by Crippen LogP contribution is 1.98. The molecule has 3 aliphatic heterocycles. The summed E-state index contributed by atoms with van der Waals surface area (Å²) in [6.45, 7) is 3.38. The predicted octanol–water partition coefficient (Wildman–Crippen LogP) is 3.36. The van der Waals surface area contributed by atoms with E-state index in [9.17, 15) is 0 Å². The van der Waals surface area contributed by atoms with Crippen LogP contribution < -0.4 is 0 Å². The van der Waals surface area contributed by atoms with Crippen LogP contribution in [0.5, 0.6) is 0 Å². The van der Waals surface area contributed by atoms with Gasteiger partial charge in [0.2, 0.25) is 0 Å². The molecule has 0 saturated carbocycles. The Balaban J connectivity index is 0.000000135. The van der Waals surface area contributed by atoms with Crippen molar-refractivity contribution in [3.63, 3.8) is 0 Å². The van der Waals surface area contributed by atoms with E-state index in [2.05, 4.69) is 6.08 Å². The van der Waals surface area contributed by atoms with E-state index < -0.39 is 0 Å². The van der Waals surface area contributed by atoms with Crippen molar-refractivity contribution in [3.05, 3.63) is 49.0 Å². The molecular formula is C15H22O3.